The molecule has 3 aromatic heterocycles. The molecule has 2 N–H and O–H groups in total. The minimum absolute atomic E-state index is 0.110. The zero-order chi connectivity index (χ0) is 22.5. The van der Waals surface area contributed by atoms with E-state index in [9.17, 15) is 4.79 Å². The molecule has 0 saturated carbocycles. The number of nitrogens with zero attached hydrogens (tertiary/aromatic N) is 4. The summed E-state index contributed by atoms with van der Waals surface area (Å²) in [5.74, 6) is 0.926. The zero-order valence-electron chi connectivity index (χ0n) is 17.6. The van der Waals surface area contributed by atoms with Gasteiger partial charge in [0, 0.05) is 29.9 Å². The maximum absolute atomic E-state index is 12.8. The number of ketones is 1. The van der Waals surface area contributed by atoms with E-state index in [1.54, 1.807) is 6.20 Å². The fraction of sp³-hybridized carbons (Fsp3) is 0.217. The van der Waals surface area contributed by atoms with Crippen LogP contribution in [0.15, 0.2) is 68.5 Å². The van der Waals surface area contributed by atoms with Crippen LogP contribution in [0.25, 0.3) is 11.3 Å². The molecule has 8 nitrogen and oxygen atoms in total. The normalized spacial score (nSPS) is 19.8. The molecule has 1 fully saturated rings. The number of nitrogens with one attached hydrogen (secondary N) is 2. The number of aliphatic imine (C=N–C) groups is 1. The van der Waals surface area contributed by atoms with E-state index in [-0.39, 0.29) is 17.6 Å². The van der Waals surface area contributed by atoms with Crippen LogP contribution in [-0.4, -0.2) is 44.3 Å². The first-order valence-electron chi connectivity index (χ1n) is 10.5. The fourth-order valence-electron chi connectivity index (χ4n) is 4.48. The summed E-state index contributed by atoms with van der Waals surface area (Å²) in [5.41, 5.74) is 3.71. The predicted octanol–water partition coefficient (Wildman–Crippen LogP) is 4.21. The molecule has 0 radical (unpaired) electrons. The van der Waals surface area contributed by atoms with Crippen molar-refractivity contribution in [1.82, 2.24) is 25.1 Å². The van der Waals surface area contributed by atoms with E-state index >= 15 is 0 Å². The van der Waals surface area contributed by atoms with Crippen LogP contribution in [0.4, 0.5) is 5.82 Å². The Morgan fingerprint density at radius 2 is 1.97 bits per heavy atom. The number of furan rings is 1. The molecule has 0 aliphatic carbocycles. The maximum Gasteiger partial charge on any atom is 0.176 e. The van der Waals surface area contributed by atoms with Crippen molar-refractivity contribution in [2.45, 2.75) is 16.2 Å². The number of hydrogen-bond donors (Lipinski definition) is 2. The van der Waals surface area contributed by atoms with Gasteiger partial charge in [0.05, 0.1) is 36.5 Å². The van der Waals surface area contributed by atoms with Crippen LogP contribution in [-0.2, 0) is 11.8 Å². The molecule has 5 heterocycles. The first-order chi connectivity index (χ1) is 16.1. The maximum atomic E-state index is 12.8. The quantitative estimate of drug-likeness (QED) is 0.455. The summed E-state index contributed by atoms with van der Waals surface area (Å²) < 4.78 is 8.28. The highest BCUT2D eigenvalue weighted by Gasteiger charge is 2.43. The third-order valence-corrected chi connectivity index (χ3v) is 7.30. The molecular formula is C23H19ClN6O2S. The average Bonchev–Trinajstić information content (AvgIpc) is 3.55. The van der Waals surface area contributed by atoms with Gasteiger partial charge in [-0.25, -0.2) is 9.98 Å². The SMILES string of the molecule is Cn1c(-c2ccc(Cl)cc2)cnc1Sc1ccc(C2c3cn[nH]c3N=C3CNCC(=O)C32)o1. The van der Waals surface area contributed by atoms with Gasteiger partial charge in [-0.15, -0.1) is 0 Å². The Balaban J connectivity index is 1.30. The molecule has 2 aliphatic heterocycles. The largest absolute Gasteiger partial charge is 0.454 e. The summed E-state index contributed by atoms with van der Waals surface area (Å²) >= 11 is 7.46. The second kappa shape index (κ2) is 8.02. The van der Waals surface area contributed by atoms with Crippen LogP contribution < -0.4 is 5.32 Å². The lowest BCUT2D eigenvalue weighted by Crippen LogP contribution is -2.48. The highest BCUT2D eigenvalue weighted by Crippen LogP contribution is 2.44. The summed E-state index contributed by atoms with van der Waals surface area (Å²) in [7, 11) is 1.97. The molecule has 166 valence electrons. The van der Waals surface area contributed by atoms with Crippen LogP contribution in [0.3, 0.4) is 0 Å². The Labute approximate surface area is 198 Å². The highest BCUT2D eigenvalue weighted by atomic mass is 35.5. The van der Waals surface area contributed by atoms with Gasteiger partial charge in [-0.3, -0.25) is 9.89 Å². The Morgan fingerprint density at radius 1 is 1.12 bits per heavy atom. The second-order valence-electron chi connectivity index (χ2n) is 8.05. The molecule has 1 aromatic carbocycles. The molecule has 0 spiro atoms. The number of benzene rings is 1. The molecule has 0 bridgehead atoms. The third-order valence-electron chi connectivity index (χ3n) is 6.07. The summed E-state index contributed by atoms with van der Waals surface area (Å²) in [6.45, 7) is 0.908. The molecule has 0 amide bonds. The topological polar surface area (TPSA) is 101 Å². The number of aromatic nitrogens is 4. The minimum Gasteiger partial charge on any atom is -0.454 e. The number of rotatable bonds is 4. The van der Waals surface area contributed by atoms with Gasteiger partial charge in [0.25, 0.3) is 0 Å². The molecule has 2 unspecified atom stereocenters. The lowest BCUT2D eigenvalue weighted by Gasteiger charge is -2.32. The van der Waals surface area contributed by atoms with Crippen molar-refractivity contribution in [3.05, 3.63) is 65.1 Å². The van der Waals surface area contributed by atoms with Gasteiger partial charge in [0.15, 0.2) is 21.8 Å². The van der Waals surface area contributed by atoms with Crippen molar-refractivity contribution in [2.24, 2.45) is 18.0 Å². The first kappa shape index (κ1) is 20.5. The van der Waals surface area contributed by atoms with Gasteiger partial charge in [-0.2, -0.15) is 5.10 Å². The molecule has 1 saturated heterocycles. The van der Waals surface area contributed by atoms with Gasteiger partial charge in [-0.1, -0.05) is 23.7 Å². The molecule has 2 atom stereocenters. The zero-order valence-corrected chi connectivity index (χ0v) is 19.2. The molecular weight excluding hydrogens is 460 g/mol. The molecule has 6 rings (SSSR count). The van der Waals surface area contributed by atoms with E-state index in [2.05, 4.69) is 25.5 Å². The number of fused-ring (bicyclic) bond motifs is 2. The Kier molecular flexibility index (Phi) is 4.97. The highest BCUT2D eigenvalue weighted by molar-refractivity contribution is 7.99. The molecule has 2 aliphatic rings. The predicted molar refractivity (Wildman–Crippen MR) is 125 cm³/mol. The van der Waals surface area contributed by atoms with Gasteiger partial charge in [0.1, 0.15) is 5.76 Å². The van der Waals surface area contributed by atoms with E-state index < -0.39 is 0 Å². The number of H-pyrrole nitrogens is 1. The van der Waals surface area contributed by atoms with E-state index in [0.717, 1.165) is 33.4 Å². The first-order valence-corrected chi connectivity index (χ1v) is 11.7. The van der Waals surface area contributed by atoms with Crippen LogP contribution >= 0.6 is 23.4 Å². The summed E-state index contributed by atoms with van der Waals surface area (Å²) in [4.78, 5) is 22.0. The minimum atomic E-state index is -0.343. The standard InChI is InChI=1S/C23H19ClN6O2S/c1-30-16(12-2-4-13(24)5-3-12)10-26-23(30)33-19-7-6-18(32-19)20-14-8-27-29-22(14)28-15-9-25-11-17(31)21(15)20/h2-8,10,20-21,25H,9,11H2,1H3,(H,27,29). The molecule has 4 aromatic rings. The van der Waals surface area contributed by atoms with E-state index in [1.165, 1.54) is 11.8 Å². The summed E-state index contributed by atoms with van der Waals surface area (Å²) in [6.07, 6.45) is 3.58. The van der Waals surface area contributed by atoms with Crippen molar-refractivity contribution >= 4 is 40.7 Å². The third kappa shape index (κ3) is 3.52. The van der Waals surface area contributed by atoms with Crippen molar-refractivity contribution in [2.75, 3.05) is 13.1 Å². The van der Waals surface area contributed by atoms with Crippen molar-refractivity contribution in [3.63, 3.8) is 0 Å². The summed E-state index contributed by atoms with van der Waals surface area (Å²) in [6, 6.07) is 11.5. The van der Waals surface area contributed by atoms with E-state index in [0.29, 0.717) is 29.0 Å². The average molecular weight is 479 g/mol. The number of aromatic amines is 1. The molecule has 10 heteroatoms. The van der Waals surface area contributed by atoms with Crippen LogP contribution in [0.2, 0.25) is 5.02 Å². The monoisotopic (exact) mass is 478 g/mol. The van der Waals surface area contributed by atoms with Crippen molar-refractivity contribution < 1.29 is 9.21 Å². The van der Waals surface area contributed by atoms with Crippen LogP contribution in [0, 0.1) is 5.92 Å². The van der Waals surface area contributed by atoms with Gasteiger partial charge in [-0.05, 0) is 41.6 Å². The second-order valence-corrected chi connectivity index (χ2v) is 9.46. The summed E-state index contributed by atoms with van der Waals surface area (Å²) in [5, 5.41) is 12.4. The number of halogens is 1. The van der Waals surface area contributed by atoms with Gasteiger partial charge < -0.3 is 14.3 Å². The Bertz CT molecular complexity index is 1390. The Hall–Kier alpha value is -3.14. The smallest absolute Gasteiger partial charge is 0.176 e. The lowest BCUT2D eigenvalue weighted by atomic mass is 9.76. The van der Waals surface area contributed by atoms with Crippen molar-refractivity contribution in [1.29, 1.82) is 0 Å². The Morgan fingerprint density at radius 3 is 2.82 bits per heavy atom. The number of imidazole rings is 1. The van der Waals surface area contributed by atoms with Gasteiger partial charge >= 0.3 is 0 Å². The fourth-order valence-corrected chi connectivity index (χ4v) is 5.40. The van der Waals surface area contributed by atoms with Gasteiger partial charge in [0.2, 0.25) is 0 Å². The van der Waals surface area contributed by atoms with Crippen LogP contribution in [0.1, 0.15) is 17.2 Å². The molecule has 33 heavy (non-hydrogen) atoms. The van der Waals surface area contributed by atoms with Crippen LogP contribution in [0.5, 0.6) is 0 Å². The number of carbonyl (C=O) groups excluding carboxylic acids is 1. The number of Topliss-reactive ketones (excluding diaryl/α,β-unsaturated/α-hetero) is 1. The van der Waals surface area contributed by atoms with E-state index in [4.69, 9.17) is 16.0 Å². The lowest BCUT2D eigenvalue weighted by molar-refractivity contribution is -0.121. The number of carbonyl (C=O) groups is 1. The number of piperidine rings is 1. The number of hydrogen-bond acceptors (Lipinski definition) is 7. The van der Waals surface area contributed by atoms with Crippen molar-refractivity contribution in [3.8, 4) is 11.3 Å². The van der Waals surface area contributed by atoms with E-state index in [1.807, 2.05) is 54.2 Å².